The first-order chi connectivity index (χ1) is 12.0. The van der Waals surface area contributed by atoms with E-state index in [0.717, 1.165) is 31.9 Å². The van der Waals surface area contributed by atoms with Crippen LogP contribution in [0, 0.1) is 0 Å². The van der Waals surface area contributed by atoms with Gasteiger partial charge in [0.2, 0.25) is 0 Å². The lowest BCUT2D eigenvalue weighted by Crippen LogP contribution is -2.47. The minimum atomic E-state index is -0.0477. The summed E-state index contributed by atoms with van der Waals surface area (Å²) >= 11 is 0. The number of hydrogen-bond donors (Lipinski definition) is 1. The highest BCUT2D eigenvalue weighted by Crippen LogP contribution is 2.19. The maximum atomic E-state index is 12.5. The normalized spacial score (nSPS) is 15.4. The summed E-state index contributed by atoms with van der Waals surface area (Å²) in [5, 5.41) is 11.5. The summed E-state index contributed by atoms with van der Waals surface area (Å²) in [5.74, 6) is 1.09. The first-order valence-electron chi connectivity index (χ1n) is 8.71. The fraction of sp³-hybridized carbons (Fsp3) is 0.421. The minimum Gasteiger partial charge on any atom is -0.339 e. The van der Waals surface area contributed by atoms with Crippen molar-refractivity contribution < 1.29 is 4.79 Å². The van der Waals surface area contributed by atoms with E-state index in [2.05, 4.69) is 53.4 Å². The molecule has 0 bridgehead atoms. The molecule has 132 valence electrons. The van der Waals surface area contributed by atoms with Gasteiger partial charge in [-0.15, -0.1) is 10.2 Å². The molecule has 0 spiro atoms. The SMILES string of the molecule is CC(C)c1ccc(Nc2ccc(C(=O)N3CCN(C)CC3)nn2)cc1. The van der Waals surface area contributed by atoms with Crippen molar-refractivity contribution in [1.82, 2.24) is 20.0 Å². The highest BCUT2D eigenvalue weighted by Gasteiger charge is 2.21. The van der Waals surface area contributed by atoms with Crippen LogP contribution < -0.4 is 5.32 Å². The fourth-order valence-corrected chi connectivity index (χ4v) is 2.78. The molecule has 0 saturated carbocycles. The molecule has 1 fully saturated rings. The fourth-order valence-electron chi connectivity index (χ4n) is 2.78. The van der Waals surface area contributed by atoms with Crippen LogP contribution in [0.4, 0.5) is 11.5 Å². The number of piperazine rings is 1. The summed E-state index contributed by atoms with van der Waals surface area (Å²) in [7, 11) is 2.07. The van der Waals surface area contributed by atoms with E-state index in [-0.39, 0.29) is 5.91 Å². The number of anilines is 2. The molecule has 6 nitrogen and oxygen atoms in total. The lowest BCUT2D eigenvalue weighted by molar-refractivity contribution is 0.0657. The van der Waals surface area contributed by atoms with Gasteiger partial charge in [-0.05, 0) is 42.8 Å². The van der Waals surface area contributed by atoms with Gasteiger partial charge in [0, 0.05) is 31.9 Å². The van der Waals surface area contributed by atoms with E-state index >= 15 is 0 Å². The van der Waals surface area contributed by atoms with E-state index in [1.807, 2.05) is 17.0 Å². The molecule has 6 heteroatoms. The zero-order valence-electron chi connectivity index (χ0n) is 15.1. The van der Waals surface area contributed by atoms with Crippen LogP contribution in [0.15, 0.2) is 36.4 Å². The third-order valence-corrected chi connectivity index (χ3v) is 4.52. The van der Waals surface area contributed by atoms with Crippen LogP contribution in [0.25, 0.3) is 0 Å². The summed E-state index contributed by atoms with van der Waals surface area (Å²) in [6.07, 6.45) is 0. The van der Waals surface area contributed by atoms with E-state index in [1.165, 1.54) is 5.56 Å². The summed E-state index contributed by atoms with van der Waals surface area (Å²) < 4.78 is 0. The van der Waals surface area contributed by atoms with Gasteiger partial charge in [0.25, 0.3) is 5.91 Å². The molecule has 0 atom stereocenters. The number of carbonyl (C=O) groups excluding carboxylic acids is 1. The molecule has 1 aromatic carbocycles. The van der Waals surface area contributed by atoms with E-state index < -0.39 is 0 Å². The number of likely N-dealkylation sites (N-methyl/N-ethyl adjacent to an activating group) is 1. The van der Waals surface area contributed by atoms with Crippen LogP contribution in [-0.2, 0) is 0 Å². The third-order valence-electron chi connectivity index (χ3n) is 4.52. The van der Waals surface area contributed by atoms with E-state index in [4.69, 9.17) is 0 Å². The third kappa shape index (κ3) is 4.33. The zero-order chi connectivity index (χ0) is 17.8. The molecule has 2 aromatic rings. The van der Waals surface area contributed by atoms with Crippen molar-refractivity contribution in [1.29, 1.82) is 0 Å². The summed E-state index contributed by atoms with van der Waals surface area (Å²) in [6, 6.07) is 11.8. The second kappa shape index (κ2) is 7.61. The number of aromatic nitrogens is 2. The number of hydrogen-bond acceptors (Lipinski definition) is 5. The predicted molar refractivity (Wildman–Crippen MR) is 99.2 cm³/mol. The lowest BCUT2D eigenvalue weighted by Gasteiger charge is -2.32. The molecule has 0 radical (unpaired) electrons. The molecule has 3 rings (SSSR count). The largest absolute Gasteiger partial charge is 0.339 e. The van der Waals surface area contributed by atoms with Crippen LogP contribution in [0.3, 0.4) is 0 Å². The Labute approximate surface area is 148 Å². The first kappa shape index (κ1) is 17.4. The van der Waals surface area contributed by atoms with Crippen molar-refractivity contribution in [3.8, 4) is 0 Å². The van der Waals surface area contributed by atoms with Crippen LogP contribution in [0.5, 0.6) is 0 Å². The van der Waals surface area contributed by atoms with Gasteiger partial charge in [0.05, 0.1) is 0 Å². The minimum absolute atomic E-state index is 0.0477. The van der Waals surface area contributed by atoms with Crippen molar-refractivity contribution in [3.05, 3.63) is 47.7 Å². The van der Waals surface area contributed by atoms with E-state index in [9.17, 15) is 4.79 Å². The number of benzene rings is 1. The van der Waals surface area contributed by atoms with E-state index in [0.29, 0.717) is 17.4 Å². The van der Waals surface area contributed by atoms with Gasteiger partial charge in [-0.2, -0.15) is 0 Å². The summed E-state index contributed by atoms with van der Waals surface area (Å²) in [4.78, 5) is 16.5. The Morgan fingerprint density at radius 1 is 1.00 bits per heavy atom. The smallest absolute Gasteiger partial charge is 0.274 e. The van der Waals surface area contributed by atoms with Crippen LogP contribution >= 0.6 is 0 Å². The molecule has 1 aliphatic rings. The Balaban J connectivity index is 1.62. The molecule has 0 aliphatic carbocycles. The Hall–Kier alpha value is -2.47. The molecular weight excluding hydrogens is 314 g/mol. The quantitative estimate of drug-likeness (QED) is 0.928. The lowest BCUT2D eigenvalue weighted by atomic mass is 10.0. The van der Waals surface area contributed by atoms with Crippen molar-refractivity contribution in [2.75, 3.05) is 38.5 Å². The van der Waals surface area contributed by atoms with Gasteiger partial charge < -0.3 is 15.1 Å². The highest BCUT2D eigenvalue weighted by molar-refractivity contribution is 5.92. The maximum Gasteiger partial charge on any atom is 0.274 e. The van der Waals surface area contributed by atoms with Gasteiger partial charge in [0.1, 0.15) is 0 Å². The first-order valence-corrected chi connectivity index (χ1v) is 8.71. The molecule has 1 aliphatic heterocycles. The number of carbonyl (C=O) groups is 1. The Kier molecular flexibility index (Phi) is 5.28. The number of rotatable bonds is 4. The van der Waals surface area contributed by atoms with E-state index in [1.54, 1.807) is 12.1 Å². The maximum absolute atomic E-state index is 12.5. The van der Waals surface area contributed by atoms with Gasteiger partial charge in [-0.1, -0.05) is 26.0 Å². The average molecular weight is 339 g/mol. The number of nitrogens with zero attached hydrogens (tertiary/aromatic N) is 4. The summed E-state index contributed by atoms with van der Waals surface area (Å²) in [6.45, 7) is 7.60. The van der Waals surface area contributed by atoms with Crippen molar-refractivity contribution in [2.24, 2.45) is 0 Å². The molecule has 0 unspecified atom stereocenters. The monoisotopic (exact) mass is 339 g/mol. The van der Waals surface area contributed by atoms with Gasteiger partial charge >= 0.3 is 0 Å². The second-order valence-electron chi connectivity index (χ2n) is 6.80. The van der Waals surface area contributed by atoms with Gasteiger partial charge in [-0.3, -0.25) is 4.79 Å². The highest BCUT2D eigenvalue weighted by atomic mass is 16.2. The number of nitrogens with one attached hydrogen (secondary N) is 1. The Morgan fingerprint density at radius 2 is 1.68 bits per heavy atom. The zero-order valence-corrected chi connectivity index (χ0v) is 15.1. The Bertz CT molecular complexity index is 704. The van der Waals surface area contributed by atoms with Crippen molar-refractivity contribution in [2.45, 2.75) is 19.8 Å². The molecule has 1 N–H and O–H groups in total. The summed E-state index contributed by atoms with van der Waals surface area (Å²) in [5.41, 5.74) is 2.65. The molecular formula is C19H25N5O. The van der Waals surface area contributed by atoms with Crippen LogP contribution in [-0.4, -0.2) is 59.1 Å². The molecule has 1 aromatic heterocycles. The molecule has 2 heterocycles. The van der Waals surface area contributed by atoms with Gasteiger partial charge in [-0.25, -0.2) is 0 Å². The topological polar surface area (TPSA) is 61.4 Å². The molecule has 1 amide bonds. The molecule has 25 heavy (non-hydrogen) atoms. The molecule has 1 saturated heterocycles. The predicted octanol–water partition coefficient (Wildman–Crippen LogP) is 2.73. The van der Waals surface area contributed by atoms with Crippen LogP contribution in [0.1, 0.15) is 35.8 Å². The van der Waals surface area contributed by atoms with Crippen LogP contribution in [0.2, 0.25) is 0 Å². The number of amides is 1. The van der Waals surface area contributed by atoms with Crippen molar-refractivity contribution >= 4 is 17.4 Å². The standard InChI is InChI=1S/C19H25N5O/c1-14(2)15-4-6-16(7-5-15)20-18-9-8-17(21-22-18)19(25)24-12-10-23(3)11-13-24/h4-9,14H,10-13H2,1-3H3,(H,20,22). The van der Waals surface area contributed by atoms with Gasteiger partial charge in [0.15, 0.2) is 11.5 Å². The second-order valence-corrected chi connectivity index (χ2v) is 6.80. The van der Waals surface area contributed by atoms with Crippen molar-refractivity contribution in [3.63, 3.8) is 0 Å². The Morgan fingerprint density at radius 3 is 2.24 bits per heavy atom. The average Bonchev–Trinajstić information content (AvgIpc) is 2.63.